The maximum absolute atomic E-state index is 12.1. The molecule has 3 N–H and O–H groups in total. The third-order valence-electron chi connectivity index (χ3n) is 3.87. The van der Waals surface area contributed by atoms with E-state index in [0.717, 1.165) is 6.42 Å². The van der Waals surface area contributed by atoms with Crippen LogP contribution in [-0.4, -0.2) is 42.9 Å². The molecule has 2 unspecified atom stereocenters. The van der Waals surface area contributed by atoms with Gasteiger partial charge in [-0.05, 0) is 19.3 Å². The van der Waals surface area contributed by atoms with Crippen molar-refractivity contribution in [1.82, 2.24) is 10.2 Å². The average Bonchev–Trinajstić information content (AvgIpc) is 2.72. The Kier molecular flexibility index (Phi) is 4.73. The van der Waals surface area contributed by atoms with Crippen LogP contribution in [0.2, 0.25) is 0 Å². The Morgan fingerprint density at radius 2 is 2.06 bits per heavy atom. The Bertz CT molecular complexity index is 330. The smallest absolute Gasteiger partial charge is 0.227 e. The van der Waals surface area contributed by atoms with E-state index in [0.29, 0.717) is 25.4 Å². The highest BCUT2D eigenvalue weighted by Gasteiger charge is 2.41. The molecule has 1 rings (SSSR count). The zero-order valence-corrected chi connectivity index (χ0v) is 11.8. The molecule has 1 aliphatic rings. The first kappa shape index (κ1) is 15.0. The van der Waals surface area contributed by atoms with Crippen LogP contribution in [0.5, 0.6) is 0 Å². The summed E-state index contributed by atoms with van der Waals surface area (Å²) < 4.78 is 0. The van der Waals surface area contributed by atoms with E-state index in [1.165, 1.54) is 0 Å². The summed E-state index contributed by atoms with van der Waals surface area (Å²) in [6, 6.07) is -0.107. The number of carbonyl (C=O) groups excluding carboxylic acids is 2. The normalized spacial score (nSPS) is 25.3. The third-order valence-corrected chi connectivity index (χ3v) is 3.87. The van der Waals surface area contributed by atoms with Crippen molar-refractivity contribution >= 4 is 11.8 Å². The highest BCUT2D eigenvalue weighted by Crippen LogP contribution is 2.30. The summed E-state index contributed by atoms with van der Waals surface area (Å²) >= 11 is 0. The number of amides is 2. The molecule has 0 aromatic rings. The minimum Gasteiger partial charge on any atom is -0.359 e. The largest absolute Gasteiger partial charge is 0.359 e. The predicted octanol–water partition coefficient (Wildman–Crippen LogP) is 0.344. The lowest BCUT2D eigenvalue weighted by atomic mass is 9.89. The molecule has 5 heteroatoms. The molecule has 0 bridgehead atoms. The maximum atomic E-state index is 12.1. The molecule has 0 spiro atoms. The van der Waals surface area contributed by atoms with Crippen molar-refractivity contribution in [2.75, 3.05) is 20.1 Å². The van der Waals surface area contributed by atoms with E-state index in [-0.39, 0.29) is 17.9 Å². The Morgan fingerprint density at radius 3 is 2.56 bits per heavy atom. The lowest BCUT2D eigenvalue weighted by Crippen LogP contribution is -2.41. The van der Waals surface area contributed by atoms with Crippen LogP contribution in [0.1, 0.15) is 33.6 Å². The fourth-order valence-electron chi connectivity index (χ4n) is 2.23. The van der Waals surface area contributed by atoms with Crippen molar-refractivity contribution in [3.05, 3.63) is 0 Å². The van der Waals surface area contributed by atoms with Gasteiger partial charge in [0, 0.05) is 32.6 Å². The van der Waals surface area contributed by atoms with Crippen molar-refractivity contribution < 1.29 is 9.59 Å². The van der Waals surface area contributed by atoms with Gasteiger partial charge in [-0.25, -0.2) is 0 Å². The Morgan fingerprint density at radius 1 is 1.44 bits per heavy atom. The number of carbonyl (C=O) groups is 2. The van der Waals surface area contributed by atoms with Gasteiger partial charge in [0.25, 0.3) is 0 Å². The molecule has 2 atom stereocenters. The molecule has 18 heavy (non-hydrogen) atoms. The van der Waals surface area contributed by atoms with Crippen molar-refractivity contribution in [2.24, 2.45) is 17.1 Å². The van der Waals surface area contributed by atoms with Gasteiger partial charge in [-0.1, -0.05) is 13.8 Å². The molecular formula is C13H25N3O2. The summed E-state index contributed by atoms with van der Waals surface area (Å²) in [5.74, 6) is 0.358. The number of nitrogens with zero attached hydrogens (tertiary/aromatic N) is 1. The Hall–Kier alpha value is -1.10. The van der Waals surface area contributed by atoms with Gasteiger partial charge in [-0.2, -0.15) is 0 Å². The number of nitrogens with one attached hydrogen (secondary N) is 1. The van der Waals surface area contributed by atoms with E-state index in [1.807, 2.05) is 20.8 Å². The highest BCUT2D eigenvalue weighted by atomic mass is 16.2. The number of nitrogens with two attached hydrogens (primary N) is 1. The summed E-state index contributed by atoms with van der Waals surface area (Å²) in [5, 5.41) is 2.66. The van der Waals surface area contributed by atoms with E-state index >= 15 is 0 Å². The molecule has 2 amide bonds. The minimum absolute atomic E-state index is 0.00552. The molecule has 0 aromatic carbocycles. The van der Waals surface area contributed by atoms with Gasteiger partial charge in [0.05, 0.1) is 5.41 Å². The van der Waals surface area contributed by atoms with Gasteiger partial charge in [0.2, 0.25) is 11.8 Å². The van der Waals surface area contributed by atoms with Crippen molar-refractivity contribution in [2.45, 2.75) is 39.7 Å². The van der Waals surface area contributed by atoms with Crippen molar-refractivity contribution in [3.8, 4) is 0 Å². The fraction of sp³-hybridized carbons (Fsp3) is 0.846. The summed E-state index contributed by atoms with van der Waals surface area (Å²) in [7, 11) is 1.63. The Labute approximate surface area is 109 Å². The molecule has 0 aliphatic carbocycles. The summed E-state index contributed by atoms with van der Waals surface area (Å²) in [4.78, 5) is 25.6. The van der Waals surface area contributed by atoms with Gasteiger partial charge in [-0.3, -0.25) is 9.59 Å². The van der Waals surface area contributed by atoms with Gasteiger partial charge in [-0.15, -0.1) is 0 Å². The summed E-state index contributed by atoms with van der Waals surface area (Å²) in [6.07, 6.45) is 1.08. The second-order valence-corrected chi connectivity index (χ2v) is 5.82. The molecule has 104 valence electrons. The zero-order chi connectivity index (χ0) is 13.9. The van der Waals surface area contributed by atoms with Crippen LogP contribution in [0, 0.1) is 11.3 Å². The number of likely N-dealkylation sites (tertiary alicyclic amines) is 1. The summed E-state index contributed by atoms with van der Waals surface area (Å²) in [5.41, 5.74) is 5.46. The van der Waals surface area contributed by atoms with Crippen LogP contribution in [0.15, 0.2) is 0 Å². The minimum atomic E-state index is -0.452. The standard InChI is InChI=1S/C13H25N3O2/c1-9(2)10(14)7-11(17)16-6-5-13(3,8-16)12(18)15-4/h9-10H,5-8,14H2,1-4H3,(H,15,18). The lowest BCUT2D eigenvalue weighted by Gasteiger charge is -2.24. The molecule has 0 saturated carbocycles. The van der Waals surface area contributed by atoms with Gasteiger partial charge < -0.3 is 16.0 Å². The molecule has 1 saturated heterocycles. The van der Waals surface area contributed by atoms with Crippen molar-refractivity contribution in [1.29, 1.82) is 0 Å². The third kappa shape index (κ3) is 3.22. The lowest BCUT2D eigenvalue weighted by molar-refractivity contribution is -0.132. The van der Waals surface area contributed by atoms with Gasteiger partial charge in [0.1, 0.15) is 0 Å². The number of rotatable bonds is 4. The second-order valence-electron chi connectivity index (χ2n) is 5.82. The van der Waals surface area contributed by atoms with Crippen LogP contribution < -0.4 is 11.1 Å². The summed E-state index contributed by atoms with van der Waals surface area (Å²) in [6.45, 7) is 7.07. The highest BCUT2D eigenvalue weighted by molar-refractivity contribution is 5.84. The number of hydrogen-bond donors (Lipinski definition) is 2. The second kappa shape index (κ2) is 5.69. The first-order valence-corrected chi connectivity index (χ1v) is 6.55. The molecule has 0 aromatic heterocycles. The van der Waals surface area contributed by atoms with E-state index in [4.69, 9.17) is 5.73 Å². The molecule has 1 heterocycles. The fourth-order valence-corrected chi connectivity index (χ4v) is 2.23. The van der Waals surface area contributed by atoms with Crippen LogP contribution in [-0.2, 0) is 9.59 Å². The SMILES string of the molecule is CNC(=O)C1(C)CCN(C(=O)CC(N)C(C)C)C1. The van der Waals surface area contributed by atoms with E-state index in [1.54, 1.807) is 11.9 Å². The molecular weight excluding hydrogens is 230 g/mol. The van der Waals surface area contributed by atoms with E-state index in [2.05, 4.69) is 5.32 Å². The quantitative estimate of drug-likeness (QED) is 0.761. The topological polar surface area (TPSA) is 75.4 Å². The first-order chi connectivity index (χ1) is 8.30. The zero-order valence-electron chi connectivity index (χ0n) is 11.8. The maximum Gasteiger partial charge on any atom is 0.227 e. The average molecular weight is 255 g/mol. The monoisotopic (exact) mass is 255 g/mol. The first-order valence-electron chi connectivity index (χ1n) is 6.55. The van der Waals surface area contributed by atoms with Gasteiger partial charge >= 0.3 is 0 Å². The van der Waals surface area contributed by atoms with Crippen LogP contribution in [0.3, 0.4) is 0 Å². The molecule has 5 nitrogen and oxygen atoms in total. The molecule has 1 aliphatic heterocycles. The molecule has 1 fully saturated rings. The van der Waals surface area contributed by atoms with Crippen LogP contribution >= 0.6 is 0 Å². The van der Waals surface area contributed by atoms with Crippen LogP contribution in [0.25, 0.3) is 0 Å². The Balaban J connectivity index is 2.56. The van der Waals surface area contributed by atoms with Crippen LogP contribution in [0.4, 0.5) is 0 Å². The van der Waals surface area contributed by atoms with E-state index in [9.17, 15) is 9.59 Å². The van der Waals surface area contributed by atoms with Crippen molar-refractivity contribution in [3.63, 3.8) is 0 Å². The van der Waals surface area contributed by atoms with Gasteiger partial charge in [0.15, 0.2) is 0 Å². The van der Waals surface area contributed by atoms with E-state index < -0.39 is 5.41 Å². The molecule has 0 radical (unpaired) electrons. The number of hydrogen-bond acceptors (Lipinski definition) is 3. The predicted molar refractivity (Wildman–Crippen MR) is 70.8 cm³/mol.